The van der Waals surface area contributed by atoms with E-state index in [1.54, 1.807) is 24.7 Å². The number of pyridine rings is 1. The van der Waals surface area contributed by atoms with Gasteiger partial charge in [-0.15, -0.1) is 0 Å². The van der Waals surface area contributed by atoms with Gasteiger partial charge in [-0.05, 0) is 85.0 Å². The lowest BCUT2D eigenvalue weighted by atomic mass is 9.88. The Kier molecular flexibility index (Phi) is 9.50. The van der Waals surface area contributed by atoms with Crippen molar-refractivity contribution in [3.05, 3.63) is 124 Å². The zero-order valence-electron chi connectivity index (χ0n) is 25.1. The number of nitrogens with zero attached hydrogens (tertiary/aromatic N) is 4. The Morgan fingerprint density at radius 2 is 1.47 bits per heavy atom. The van der Waals surface area contributed by atoms with E-state index < -0.39 is 0 Å². The summed E-state index contributed by atoms with van der Waals surface area (Å²) in [5.41, 5.74) is 5.88. The van der Waals surface area contributed by atoms with Gasteiger partial charge in [0.2, 0.25) is 0 Å². The molecule has 2 aromatic heterocycles. The molecule has 3 heterocycles. The minimum Gasteiger partial charge on any atom is -0.339 e. The Morgan fingerprint density at radius 3 is 2.12 bits per heavy atom. The Labute approximate surface area is 253 Å². The molecule has 43 heavy (non-hydrogen) atoms. The molecule has 4 aromatic rings. The lowest BCUT2D eigenvalue weighted by Crippen LogP contribution is -2.38. The lowest BCUT2D eigenvalue weighted by molar-refractivity contribution is 0.0712. The number of hydrogen-bond donors (Lipinski definition) is 0. The van der Waals surface area contributed by atoms with Crippen LogP contribution in [0.5, 0.6) is 0 Å². The third-order valence-electron chi connectivity index (χ3n) is 8.14. The predicted molar refractivity (Wildman–Crippen MR) is 166 cm³/mol. The lowest BCUT2D eigenvalue weighted by Gasteiger charge is -2.32. The number of Topliss-reactive ketones (excluding diaryl/α,β-unsaturated/α-hetero) is 2. The van der Waals surface area contributed by atoms with E-state index in [4.69, 9.17) is 0 Å². The van der Waals surface area contributed by atoms with Gasteiger partial charge in [0.1, 0.15) is 5.82 Å². The number of ketones is 2. The van der Waals surface area contributed by atoms with Crippen LogP contribution in [0, 0.1) is 12.8 Å². The van der Waals surface area contributed by atoms with Crippen molar-refractivity contribution in [1.82, 2.24) is 19.9 Å². The summed E-state index contributed by atoms with van der Waals surface area (Å²) in [6, 6.07) is 19.0. The van der Waals surface area contributed by atoms with Crippen molar-refractivity contribution in [2.24, 2.45) is 5.92 Å². The average molecular weight is 575 g/mol. The van der Waals surface area contributed by atoms with Gasteiger partial charge < -0.3 is 4.90 Å². The number of benzene rings is 2. The van der Waals surface area contributed by atoms with E-state index >= 15 is 0 Å². The minimum atomic E-state index is -0.00598. The van der Waals surface area contributed by atoms with Gasteiger partial charge in [0, 0.05) is 60.5 Å². The number of rotatable bonds is 10. The number of likely N-dealkylation sites (tertiary alicyclic amines) is 1. The van der Waals surface area contributed by atoms with E-state index in [9.17, 15) is 14.4 Å². The molecular weight excluding hydrogens is 536 g/mol. The highest BCUT2D eigenvalue weighted by molar-refractivity contribution is 5.99. The van der Waals surface area contributed by atoms with Crippen LogP contribution in [0.2, 0.25) is 0 Å². The quantitative estimate of drug-likeness (QED) is 0.208. The molecule has 0 saturated carbocycles. The second kappa shape index (κ2) is 13.6. The summed E-state index contributed by atoms with van der Waals surface area (Å²) in [6.45, 7) is 7.58. The topological polar surface area (TPSA) is 93.1 Å². The van der Waals surface area contributed by atoms with E-state index in [1.165, 1.54) is 5.56 Å². The first-order valence-corrected chi connectivity index (χ1v) is 15.0. The van der Waals surface area contributed by atoms with Gasteiger partial charge in [0.15, 0.2) is 11.6 Å². The molecule has 1 aliphatic rings. The summed E-state index contributed by atoms with van der Waals surface area (Å²) >= 11 is 0. The molecule has 1 amide bonds. The van der Waals surface area contributed by atoms with Crippen molar-refractivity contribution >= 4 is 17.5 Å². The number of aromatic nitrogens is 3. The van der Waals surface area contributed by atoms with Gasteiger partial charge in [-0.2, -0.15) is 0 Å². The van der Waals surface area contributed by atoms with E-state index in [2.05, 4.69) is 28.8 Å². The zero-order chi connectivity index (χ0) is 30.3. The highest BCUT2D eigenvalue weighted by Gasteiger charge is 2.25. The van der Waals surface area contributed by atoms with Crippen LogP contribution in [0.15, 0.2) is 79.3 Å². The van der Waals surface area contributed by atoms with E-state index in [1.807, 2.05) is 66.4 Å². The number of piperidine rings is 1. The van der Waals surface area contributed by atoms with Crippen LogP contribution in [0.3, 0.4) is 0 Å². The summed E-state index contributed by atoms with van der Waals surface area (Å²) in [5, 5.41) is 0. The fraction of sp³-hybridized carbons (Fsp3) is 0.333. The van der Waals surface area contributed by atoms with E-state index in [0.717, 1.165) is 36.1 Å². The maximum absolute atomic E-state index is 13.4. The minimum absolute atomic E-state index is 0.00164. The molecular formula is C36H38N4O3. The van der Waals surface area contributed by atoms with Gasteiger partial charge in [0.05, 0.1) is 6.42 Å². The Bertz CT molecular complexity index is 1570. The summed E-state index contributed by atoms with van der Waals surface area (Å²) in [4.78, 5) is 53.8. The van der Waals surface area contributed by atoms with Crippen molar-refractivity contribution in [3.63, 3.8) is 0 Å². The monoisotopic (exact) mass is 574 g/mol. The zero-order valence-corrected chi connectivity index (χ0v) is 25.1. The van der Waals surface area contributed by atoms with Crippen LogP contribution >= 0.6 is 0 Å². The first-order valence-electron chi connectivity index (χ1n) is 15.0. The van der Waals surface area contributed by atoms with Crippen LogP contribution in [-0.4, -0.2) is 50.4 Å². The summed E-state index contributed by atoms with van der Waals surface area (Å²) in [7, 11) is 0. The molecule has 0 atom stereocenters. The van der Waals surface area contributed by atoms with Crippen LogP contribution in [0.25, 0.3) is 0 Å². The van der Waals surface area contributed by atoms with Gasteiger partial charge in [-0.1, -0.05) is 44.2 Å². The van der Waals surface area contributed by atoms with E-state index in [-0.39, 0.29) is 30.3 Å². The molecule has 0 aliphatic carbocycles. The van der Waals surface area contributed by atoms with Crippen molar-refractivity contribution in [1.29, 1.82) is 0 Å². The van der Waals surface area contributed by atoms with Gasteiger partial charge in [0.25, 0.3) is 5.91 Å². The molecule has 7 heteroatoms. The maximum atomic E-state index is 13.4. The normalized spacial score (nSPS) is 13.7. The molecule has 7 nitrogen and oxygen atoms in total. The van der Waals surface area contributed by atoms with Crippen LogP contribution in [-0.2, 0) is 19.3 Å². The average Bonchev–Trinajstić information content (AvgIpc) is 3.02. The second-order valence-electron chi connectivity index (χ2n) is 11.8. The van der Waals surface area contributed by atoms with Gasteiger partial charge in [-0.3, -0.25) is 19.4 Å². The number of carbonyl (C=O) groups is 3. The Morgan fingerprint density at radius 1 is 0.814 bits per heavy atom. The van der Waals surface area contributed by atoms with Crippen LogP contribution < -0.4 is 0 Å². The number of aryl methyl sites for hydroxylation is 1. The standard InChI is InChI=1S/C36H38N4O3/c1-24(2)19-32-12-11-30(23-39-32)33(41)21-31-20-29(6-5-25(31)3)36(43)40-17-13-27(14-18-40)26-7-9-28(10-8-26)34(42)22-35-37-15-4-16-38-35/h4-12,15-16,20,23-24,27H,13-14,17-19,21-22H2,1-3H3. The fourth-order valence-electron chi connectivity index (χ4n) is 5.61. The first kappa shape index (κ1) is 30.0. The Hall–Kier alpha value is -4.52. The molecule has 1 aliphatic heterocycles. The number of carbonyl (C=O) groups excluding carboxylic acids is 3. The highest BCUT2D eigenvalue weighted by Crippen LogP contribution is 2.29. The largest absolute Gasteiger partial charge is 0.339 e. The third kappa shape index (κ3) is 7.66. The van der Waals surface area contributed by atoms with Crippen LogP contribution in [0.1, 0.15) is 91.9 Å². The first-order chi connectivity index (χ1) is 20.8. The van der Waals surface area contributed by atoms with Crippen molar-refractivity contribution < 1.29 is 14.4 Å². The summed E-state index contributed by atoms with van der Waals surface area (Å²) in [6.07, 6.45) is 7.95. The molecule has 0 unspecified atom stereocenters. The van der Waals surface area contributed by atoms with Crippen molar-refractivity contribution in [2.75, 3.05) is 13.1 Å². The summed E-state index contributed by atoms with van der Waals surface area (Å²) < 4.78 is 0. The SMILES string of the molecule is Cc1ccc(C(=O)N2CCC(c3ccc(C(=O)Cc4ncccn4)cc3)CC2)cc1CC(=O)c1ccc(CC(C)C)nc1. The second-order valence-corrected chi connectivity index (χ2v) is 11.8. The predicted octanol–water partition coefficient (Wildman–Crippen LogP) is 6.25. The molecule has 0 radical (unpaired) electrons. The molecule has 0 spiro atoms. The van der Waals surface area contributed by atoms with Gasteiger partial charge in [-0.25, -0.2) is 9.97 Å². The molecule has 0 bridgehead atoms. The number of amides is 1. The van der Waals surface area contributed by atoms with Crippen LogP contribution in [0.4, 0.5) is 0 Å². The third-order valence-corrected chi connectivity index (χ3v) is 8.14. The van der Waals surface area contributed by atoms with E-state index in [0.29, 0.717) is 47.4 Å². The molecule has 1 saturated heterocycles. The molecule has 1 fully saturated rings. The summed E-state index contributed by atoms with van der Waals surface area (Å²) in [5.74, 6) is 1.35. The molecule has 220 valence electrons. The Balaban J connectivity index is 1.17. The van der Waals surface area contributed by atoms with Gasteiger partial charge >= 0.3 is 0 Å². The molecule has 0 N–H and O–H groups in total. The highest BCUT2D eigenvalue weighted by atomic mass is 16.2. The molecule has 5 rings (SSSR count). The molecule has 2 aromatic carbocycles. The van der Waals surface area contributed by atoms with Crippen molar-refractivity contribution in [3.8, 4) is 0 Å². The number of hydrogen-bond acceptors (Lipinski definition) is 6. The maximum Gasteiger partial charge on any atom is 0.253 e. The smallest absolute Gasteiger partial charge is 0.253 e. The fourth-order valence-corrected chi connectivity index (χ4v) is 5.61. The van der Waals surface area contributed by atoms with Crippen molar-refractivity contribution in [2.45, 2.75) is 58.8 Å².